The Morgan fingerprint density at radius 3 is 2.72 bits per heavy atom. The van der Waals surface area contributed by atoms with E-state index in [0.29, 0.717) is 35.3 Å². The van der Waals surface area contributed by atoms with Crippen molar-refractivity contribution in [2.75, 3.05) is 6.61 Å². The Balaban J connectivity index is 1.85. The number of halogens is 1. The number of nitrogens with zero attached hydrogens (tertiary/aromatic N) is 2. The van der Waals surface area contributed by atoms with Crippen LogP contribution in [0.1, 0.15) is 53.5 Å². The number of aryl methyl sites for hydroxylation is 1. The highest BCUT2D eigenvalue weighted by atomic mass is 19.1. The first kappa shape index (κ1) is 20.8. The summed E-state index contributed by atoms with van der Waals surface area (Å²) in [6.07, 6.45) is 1.18. The zero-order valence-corrected chi connectivity index (χ0v) is 17.8. The predicted molar refractivity (Wildman–Crippen MR) is 115 cm³/mol. The fourth-order valence-corrected chi connectivity index (χ4v) is 5.25. The zero-order valence-electron chi connectivity index (χ0n) is 17.8. The first-order chi connectivity index (χ1) is 15.2. The van der Waals surface area contributed by atoms with Gasteiger partial charge in [-0.3, -0.25) is 4.79 Å². The average Bonchev–Trinajstić information content (AvgIpc) is 3.15. The van der Waals surface area contributed by atoms with Crippen molar-refractivity contribution < 1.29 is 24.5 Å². The molecule has 5 rings (SSSR count). The van der Waals surface area contributed by atoms with Gasteiger partial charge in [-0.2, -0.15) is 0 Å². The Kier molecular flexibility index (Phi) is 4.51. The molecule has 7 nitrogen and oxygen atoms in total. The van der Waals surface area contributed by atoms with E-state index in [1.54, 1.807) is 6.92 Å². The summed E-state index contributed by atoms with van der Waals surface area (Å²) in [6.45, 7) is 3.42. The summed E-state index contributed by atoms with van der Waals surface area (Å²) in [7, 11) is 0. The molecular weight excluding hydrogens is 415 g/mol. The fourth-order valence-electron chi connectivity index (χ4n) is 5.25. The van der Waals surface area contributed by atoms with E-state index in [9.17, 15) is 29.3 Å². The van der Waals surface area contributed by atoms with Crippen molar-refractivity contribution >= 4 is 16.9 Å². The van der Waals surface area contributed by atoms with Crippen LogP contribution in [0.2, 0.25) is 0 Å². The summed E-state index contributed by atoms with van der Waals surface area (Å²) < 4.78 is 16.1. The number of benzene rings is 1. The fraction of sp³-hybridized carbons (Fsp3) is 0.375. The summed E-state index contributed by atoms with van der Waals surface area (Å²) >= 11 is 0. The SMILES string of the molecule is CC[C@@](O)(C(=O)O)c1cc2n(c(=O)c1)Cc1c-2nc2cc(F)c(C)c3c2c1C(CO)CC3. The third-order valence-corrected chi connectivity index (χ3v) is 7.15. The van der Waals surface area contributed by atoms with Gasteiger partial charge in [0.15, 0.2) is 5.60 Å². The van der Waals surface area contributed by atoms with Crippen molar-refractivity contribution in [2.45, 2.75) is 51.2 Å². The molecule has 2 atom stereocenters. The minimum atomic E-state index is -2.20. The van der Waals surface area contributed by atoms with E-state index in [1.807, 2.05) is 0 Å². The van der Waals surface area contributed by atoms with Crippen molar-refractivity contribution in [3.05, 3.63) is 62.2 Å². The molecule has 1 unspecified atom stereocenters. The van der Waals surface area contributed by atoms with E-state index in [-0.39, 0.29) is 36.9 Å². The molecule has 0 saturated heterocycles. The number of carboxylic acid groups (broad SMARTS) is 1. The van der Waals surface area contributed by atoms with E-state index in [0.717, 1.165) is 28.1 Å². The minimum absolute atomic E-state index is 0.0124. The molecule has 0 amide bonds. The number of rotatable bonds is 4. The van der Waals surface area contributed by atoms with E-state index in [1.165, 1.54) is 23.6 Å². The van der Waals surface area contributed by atoms with Crippen molar-refractivity contribution in [3.63, 3.8) is 0 Å². The summed E-state index contributed by atoms with van der Waals surface area (Å²) in [4.78, 5) is 29.4. The molecule has 2 aromatic heterocycles. The summed E-state index contributed by atoms with van der Waals surface area (Å²) in [6, 6.07) is 4.01. The Hall–Kier alpha value is -3.10. The van der Waals surface area contributed by atoms with E-state index >= 15 is 0 Å². The Bertz CT molecular complexity index is 1380. The van der Waals surface area contributed by atoms with Gasteiger partial charge in [0.05, 0.1) is 23.4 Å². The molecule has 2 aliphatic rings. The maximum atomic E-state index is 14.7. The second kappa shape index (κ2) is 6.95. The third-order valence-electron chi connectivity index (χ3n) is 7.15. The van der Waals surface area contributed by atoms with E-state index in [2.05, 4.69) is 0 Å². The van der Waals surface area contributed by atoms with Crippen LogP contribution < -0.4 is 5.56 Å². The quantitative estimate of drug-likeness (QED) is 0.452. The lowest BCUT2D eigenvalue weighted by Gasteiger charge is -2.28. The standard InChI is InChI=1S/C24H23FN2O5/c1-3-24(32,23(30)31)13-6-18-22-15(9-27(18)19(29)7-13)20-12(10-28)4-5-14-11(2)16(25)8-17(26-22)21(14)20/h6-8,12,28,32H,3-5,9-10H2,1-2H3,(H,30,31)/t12?,24-/m0/s1. The number of aromatic nitrogens is 2. The number of aliphatic hydroxyl groups is 2. The normalized spacial score (nSPS) is 18.3. The van der Waals surface area contributed by atoms with Gasteiger partial charge in [0.25, 0.3) is 5.56 Å². The van der Waals surface area contributed by atoms with Gasteiger partial charge in [-0.15, -0.1) is 0 Å². The molecule has 1 aliphatic heterocycles. The maximum Gasteiger partial charge on any atom is 0.340 e. The Labute approximate surface area is 182 Å². The van der Waals surface area contributed by atoms with Crippen LogP contribution >= 0.6 is 0 Å². The summed E-state index contributed by atoms with van der Waals surface area (Å²) in [5.74, 6) is -1.96. The van der Waals surface area contributed by atoms with Crippen LogP contribution in [0.25, 0.3) is 22.3 Å². The van der Waals surface area contributed by atoms with Crippen molar-refractivity contribution in [1.29, 1.82) is 0 Å². The molecule has 0 saturated carbocycles. The number of carbonyl (C=O) groups is 1. The van der Waals surface area contributed by atoms with Crippen LogP contribution in [-0.4, -0.2) is 37.4 Å². The first-order valence-electron chi connectivity index (χ1n) is 10.7. The maximum absolute atomic E-state index is 14.7. The van der Waals surface area contributed by atoms with Crippen molar-refractivity contribution in [3.8, 4) is 11.4 Å². The van der Waals surface area contributed by atoms with Crippen LogP contribution in [0, 0.1) is 12.7 Å². The molecule has 32 heavy (non-hydrogen) atoms. The average molecular weight is 438 g/mol. The lowest BCUT2D eigenvalue weighted by atomic mass is 9.78. The number of hydrogen-bond donors (Lipinski definition) is 3. The zero-order chi connectivity index (χ0) is 22.9. The molecular formula is C24H23FN2O5. The molecule has 0 bridgehead atoms. The number of pyridine rings is 2. The third kappa shape index (κ3) is 2.63. The van der Waals surface area contributed by atoms with Gasteiger partial charge < -0.3 is 19.9 Å². The van der Waals surface area contributed by atoms with E-state index in [4.69, 9.17) is 4.98 Å². The van der Waals surface area contributed by atoms with Crippen LogP contribution in [0.3, 0.4) is 0 Å². The van der Waals surface area contributed by atoms with Crippen molar-refractivity contribution in [2.24, 2.45) is 0 Å². The van der Waals surface area contributed by atoms with Gasteiger partial charge in [0.1, 0.15) is 5.82 Å². The molecule has 3 N–H and O–H groups in total. The van der Waals surface area contributed by atoms with Crippen LogP contribution in [0.4, 0.5) is 4.39 Å². The van der Waals surface area contributed by atoms with Crippen LogP contribution in [-0.2, 0) is 23.4 Å². The monoisotopic (exact) mass is 438 g/mol. The highest BCUT2D eigenvalue weighted by Crippen LogP contribution is 2.45. The number of aliphatic hydroxyl groups excluding tert-OH is 1. The molecule has 1 aromatic carbocycles. The molecule has 3 aromatic rings. The Morgan fingerprint density at radius 2 is 2.06 bits per heavy atom. The lowest BCUT2D eigenvalue weighted by molar-refractivity contribution is -0.160. The number of fused-ring (bicyclic) bond motifs is 4. The first-order valence-corrected chi connectivity index (χ1v) is 10.7. The van der Waals surface area contributed by atoms with Gasteiger partial charge in [0, 0.05) is 41.2 Å². The van der Waals surface area contributed by atoms with Gasteiger partial charge in [-0.1, -0.05) is 6.92 Å². The Morgan fingerprint density at radius 1 is 1.31 bits per heavy atom. The largest absolute Gasteiger partial charge is 0.479 e. The molecule has 1 aliphatic carbocycles. The highest BCUT2D eigenvalue weighted by Gasteiger charge is 2.39. The lowest BCUT2D eigenvalue weighted by Crippen LogP contribution is -2.36. The van der Waals surface area contributed by atoms with Gasteiger partial charge in [0.2, 0.25) is 0 Å². The van der Waals surface area contributed by atoms with Crippen LogP contribution in [0.15, 0.2) is 23.0 Å². The molecule has 0 fully saturated rings. The second-order valence-electron chi connectivity index (χ2n) is 8.70. The summed E-state index contributed by atoms with van der Waals surface area (Å²) in [5.41, 5.74) is 1.76. The smallest absolute Gasteiger partial charge is 0.340 e. The summed E-state index contributed by atoms with van der Waals surface area (Å²) in [5, 5.41) is 31.2. The highest BCUT2D eigenvalue weighted by molar-refractivity contribution is 5.93. The van der Waals surface area contributed by atoms with Gasteiger partial charge >= 0.3 is 5.97 Å². The minimum Gasteiger partial charge on any atom is -0.479 e. The molecule has 166 valence electrons. The topological polar surface area (TPSA) is 113 Å². The second-order valence-corrected chi connectivity index (χ2v) is 8.70. The van der Waals surface area contributed by atoms with Gasteiger partial charge in [-0.05, 0) is 48.9 Å². The molecule has 0 radical (unpaired) electrons. The van der Waals surface area contributed by atoms with Gasteiger partial charge in [-0.25, -0.2) is 14.2 Å². The predicted octanol–water partition coefficient (Wildman–Crippen LogP) is 2.58. The number of carboxylic acids is 1. The number of aliphatic carboxylic acids is 1. The van der Waals surface area contributed by atoms with E-state index < -0.39 is 17.1 Å². The number of hydrogen-bond acceptors (Lipinski definition) is 5. The molecule has 3 heterocycles. The van der Waals surface area contributed by atoms with Crippen molar-refractivity contribution in [1.82, 2.24) is 9.55 Å². The molecule has 0 spiro atoms. The molecule has 8 heteroatoms. The van der Waals surface area contributed by atoms with Crippen LogP contribution in [0.5, 0.6) is 0 Å².